The lowest BCUT2D eigenvalue weighted by molar-refractivity contribution is -0.134. The second kappa shape index (κ2) is 6.59. The van der Waals surface area contributed by atoms with E-state index in [4.69, 9.17) is 16.3 Å². The van der Waals surface area contributed by atoms with Crippen LogP contribution in [0, 0.1) is 0 Å². The fraction of sp³-hybridized carbons (Fsp3) is 0. The lowest BCUT2D eigenvalue weighted by atomic mass is 10.2. The van der Waals surface area contributed by atoms with Crippen LogP contribution in [0.25, 0.3) is 6.08 Å². The van der Waals surface area contributed by atoms with Crippen LogP contribution in [0.1, 0.15) is 5.56 Å². The zero-order valence-electron chi connectivity index (χ0n) is 10.2. The molecule has 0 aliphatic rings. The first-order chi connectivity index (χ1) is 9.54. The van der Waals surface area contributed by atoms with Crippen molar-refractivity contribution in [1.29, 1.82) is 0 Å². The summed E-state index contributed by atoms with van der Waals surface area (Å²) in [6.07, 6.45) is 1.45. The predicted octanol–water partition coefficient (Wildman–Crippen LogP) is 4.61. The Morgan fingerprint density at radius 1 is 1.10 bits per heavy atom. The first-order valence-electron chi connectivity index (χ1n) is 5.68. The van der Waals surface area contributed by atoms with Crippen LogP contribution in [0.15, 0.2) is 58.8 Å². The lowest BCUT2D eigenvalue weighted by Gasteiger charge is -2.06. The van der Waals surface area contributed by atoms with Gasteiger partial charge < -0.3 is 9.84 Å². The summed E-state index contributed by atoms with van der Waals surface area (Å²) in [6, 6.07) is 13.7. The Labute approximate surface area is 129 Å². The highest BCUT2D eigenvalue weighted by molar-refractivity contribution is 9.10. The van der Waals surface area contributed by atoms with E-state index in [9.17, 15) is 9.90 Å². The van der Waals surface area contributed by atoms with E-state index in [0.717, 1.165) is 4.47 Å². The van der Waals surface area contributed by atoms with Crippen LogP contribution in [0.2, 0.25) is 5.02 Å². The summed E-state index contributed by atoms with van der Waals surface area (Å²) in [6.45, 7) is 0. The Hall–Kier alpha value is -1.78. The minimum atomic E-state index is -1.14. The van der Waals surface area contributed by atoms with Gasteiger partial charge in [-0.15, -0.1) is 0 Å². The van der Waals surface area contributed by atoms with Gasteiger partial charge in [0.05, 0.1) is 0 Å². The summed E-state index contributed by atoms with van der Waals surface area (Å²) in [5, 5.41) is 9.77. The summed E-state index contributed by atoms with van der Waals surface area (Å²) in [5.41, 5.74) is 0.698. The molecule has 0 aliphatic heterocycles. The molecule has 0 heterocycles. The fourth-order valence-electron chi connectivity index (χ4n) is 1.47. The van der Waals surface area contributed by atoms with E-state index in [-0.39, 0.29) is 5.76 Å². The van der Waals surface area contributed by atoms with Crippen LogP contribution in [-0.4, -0.2) is 11.1 Å². The third-order valence-electron chi connectivity index (χ3n) is 2.42. The highest BCUT2D eigenvalue weighted by atomic mass is 79.9. The Morgan fingerprint density at radius 2 is 1.70 bits per heavy atom. The molecule has 0 radical (unpaired) electrons. The second-order valence-electron chi connectivity index (χ2n) is 3.92. The summed E-state index contributed by atoms with van der Waals surface area (Å²) in [7, 11) is 0. The van der Waals surface area contributed by atoms with Crippen molar-refractivity contribution in [1.82, 2.24) is 0 Å². The fourth-order valence-corrected chi connectivity index (χ4v) is 1.87. The van der Waals surface area contributed by atoms with E-state index in [1.807, 2.05) is 0 Å². The Kier molecular flexibility index (Phi) is 4.82. The number of ether oxygens (including phenoxy) is 1. The molecule has 0 saturated heterocycles. The number of hydrogen-bond donors (Lipinski definition) is 1. The van der Waals surface area contributed by atoms with E-state index < -0.39 is 5.97 Å². The molecule has 1 N–H and O–H groups in total. The number of carboxylic acids is 1. The maximum Gasteiger partial charge on any atom is 0.371 e. The van der Waals surface area contributed by atoms with Crippen molar-refractivity contribution in [2.24, 2.45) is 0 Å². The molecule has 0 spiro atoms. The van der Waals surface area contributed by atoms with E-state index in [1.165, 1.54) is 6.08 Å². The van der Waals surface area contributed by atoms with Gasteiger partial charge in [0.2, 0.25) is 5.76 Å². The molecule has 3 nitrogen and oxygen atoms in total. The van der Waals surface area contributed by atoms with E-state index >= 15 is 0 Å². The zero-order valence-corrected chi connectivity index (χ0v) is 12.6. The zero-order chi connectivity index (χ0) is 14.5. The molecule has 102 valence electrons. The molecule has 0 amide bonds. The van der Waals surface area contributed by atoms with Gasteiger partial charge in [-0.1, -0.05) is 39.7 Å². The van der Waals surface area contributed by atoms with Crippen molar-refractivity contribution in [3.05, 3.63) is 69.3 Å². The molecule has 0 unspecified atom stereocenters. The minimum Gasteiger partial charge on any atom is -0.475 e. The van der Waals surface area contributed by atoms with Gasteiger partial charge in [-0.05, 0) is 48.0 Å². The normalized spacial score (nSPS) is 11.2. The quantitative estimate of drug-likeness (QED) is 0.645. The van der Waals surface area contributed by atoms with Gasteiger partial charge in [-0.2, -0.15) is 0 Å². The highest BCUT2D eigenvalue weighted by Gasteiger charge is 2.10. The third-order valence-corrected chi connectivity index (χ3v) is 3.20. The van der Waals surface area contributed by atoms with Crippen LogP contribution >= 0.6 is 27.5 Å². The van der Waals surface area contributed by atoms with Crippen LogP contribution in [0.5, 0.6) is 5.75 Å². The number of carboxylic acid groups (broad SMARTS) is 1. The third kappa shape index (κ3) is 4.11. The second-order valence-corrected chi connectivity index (χ2v) is 5.27. The number of carbonyl (C=O) groups is 1. The first-order valence-corrected chi connectivity index (χ1v) is 6.85. The van der Waals surface area contributed by atoms with E-state index in [1.54, 1.807) is 48.5 Å². The van der Waals surface area contributed by atoms with Crippen LogP contribution in [0.4, 0.5) is 0 Å². The molecule has 0 atom stereocenters. The molecule has 0 aliphatic carbocycles. The number of halogens is 2. The van der Waals surface area contributed by atoms with Gasteiger partial charge in [0.25, 0.3) is 0 Å². The van der Waals surface area contributed by atoms with Crippen LogP contribution in [-0.2, 0) is 4.79 Å². The van der Waals surface area contributed by atoms with Gasteiger partial charge >= 0.3 is 5.97 Å². The maximum absolute atomic E-state index is 11.2. The van der Waals surface area contributed by atoms with Crippen molar-refractivity contribution in [3.8, 4) is 5.75 Å². The molecule has 0 fully saturated rings. The predicted molar refractivity (Wildman–Crippen MR) is 81.8 cm³/mol. The summed E-state index contributed by atoms with van der Waals surface area (Å²) < 4.78 is 6.26. The average molecular weight is 354 g/mol. The SMILES string of the molecule is O=C(O)/C(=C/c1ccc(Cl)cc1)Oc1ccc(Br)cc1. The Morgan fingerprint density at radius 3 is 2.25 bits per heavy atom. The molecule has 0 bridgehead atoms. The van der Waals surface area contributed by atoms with Crippen molar-refractivity contribution in [3.63, 3.8) is 0 Å². The molecule has 2 rings (SSSR count). The highest BCUT2D eigenvalue weighted by Crippen LogP contribution is 2.20. The molecule has 5 heteroatoms. The largest absolute Gasteiger partial charge is 0.475 e. The van der Waals surface area contributed by atoms with Crippen molar-refractivity contribution >= 4 is 39.6 Å². The van der Waals surface area contributed by atoms with E-state index in [2.05, 4.69) is 15.9 Å². The molecule has 20 heavy (non-hydrogen) atoms. The molecule has 2 aromatic rings. The molecule has 0 aromatic heterocycles. The summed E-state index contributed by atoms with van der Waals surface area (Å²) >= 11 is 9.08. The Bertz CT molecular complexity index is 633. The van der Waals surface area contributed by atoms with Gasteiger partial charge in [-0.3, -0.25) is 0 Å². The molecule has 2 aromatic carbocycles. The topological polar surface area (TPSA) is 46.5 Å². The summed E-state index contributed by atoms with van der Waals surface area (Å²) in [4.78, 5) is 11.2. The van der Waals surface area contributed by atoms with Crippen molar-refractivity contribution < 1.29 is 14.6 Å². The molecule has 0 saturated carbocycles. The smallest absolute Gasteiger partial charge is 0.371 e. The number of benzene rings is 2. The van der Waals surface area contributed by atoms with Gasteiger partial charge in [0, 0.05) is 9.50 Å². The van der Waals surface area contributed by atoms with Crippen molar-refractivity contribution in [2.45, 2.75) is 0 Å². The first kappa shape index (κ1) is 14.6. The monoisotopic (exact) mass is 352 g/mol. The average Bonchev–Trinajstić information content (AvgIpc) is 2.42. The van der Waals surface area contributed by atoms with E-state index in [0.29, 0.717) is 16.3 Å². The summed E-state index contributed by atoms with van der Waals surface area (Å²) in [5.74, 6) is -0.840. The number of hydrogen-bond acceptors (Lipinski definition) is 2. The molecular weight excluding hydrogens is 344 g/mol. The van der Waals surface area contributed by atoms with Gasteiger partial charge in [-0.25, -0.2) is 4.79 Å². The maximum atomic E-state index is 11.2. The minimum absolute atomic E-state index is 0.158. The van der Waals surface area contributed by atoms with Crippen molar-refractivity contribution in [2.75, 3.05) is 0 Å². The lowest BCUT2D eigenvalue weighted by Crippen LogP contribution is -2.07. The number of rotatable bonds is 4. The number of aliphatic carboxylic acids is 1. The van der Waals surface area contributed by atoms with Crippen LogP contribution < -0.4 is 4.74 Å². The Balaban J connectivity index is 2.25. The standard InChI is InChI=1S/C15H10BrClO3/c16-11-3-7-13(8-4-11)20-14(15(18)19)9-10-1-5-12(17)6-2-10/h1-9H,(H,18,19)/b14-9-. The van der Waals surface area contributed by atoms with Gasteiger partial charge in [0.15, 0.2) is 0 Å². The van der Waals surface area contributed by atoms with Gasteiger partial charge in [0.1, 0.15) is 5.75 Å². The molecular formula is C15H10BrClO3. The van der Waals surface area contributed by atoms with Crippen LogP contribution in [0.3, 0.4) is 0 Å².